The predicted molar refractivity (Wildman–Crippen MR) is 278 cm³/mol. The van der Waals surface area contributed by atoms with E-state index in [4.69, 9.17) is 9.72 Å². The summed E-state index contributed by atoms with van der Waals surface area (Å²) in [6, 6.07) is 54.7. The molecule has 5 heteroatoms. The molecule has 3 heterocycles. The van der Waals surface area contributed by atoms with Gasteiger partial charge in [-0.3, -0.25) is 13.7 Å². The Balaban J connectivity index is 1.27. The van der Waals surface area contributed by atoms with Gasteiger partial charge in [-0.1, -0.05) is 181 Å². The van der Waals surface area contributed by atoms with Crippen LogP contribution in [0.5, 0.6) is 11.5 Å². The summed E-state index contributed by atoms with van der Waals surface area (Å²) in [7, 11) is 0. The minimum absolute atomic E-state index is 0.0188. The largest absolute Gasteiger partial charge is 0.458 e. The molecule has 0 bridgehead atoms. The highest BCUT2D eigenvalue weighted by Crippen LogP contribution is 2.44. The zero-order valence-corrected chi connectivity index (χ0v) is 41.8. The fourth-order valence-electron chi connectivity index (χ4n) is 9.53. The monoisotopic (exact) mass is 883 g/mol. The minimum Gasteiger partial charge on any atom is -0.458 e. The molecular formula is C62H66N4O. The number of ether oxygens (including phenoxy) is 1. The number of hydrogen-bond acceptors (Lipinski definition) is 2. The lowest BCUT2D eigenvalue weighted by Crippen LogP contribution is -2.40. The van der Waals surface area contributed by atoms with Gasteiger partial charge in [-0.25, -0.2) is 4.98 Å². The van der Waals surface area contributed by atoms with Crippen LogP contribution in [0.1, 0.15) is 129 Å². The first-order valence-electron chi connectivity index (χ1n) is 23.8. The fourth-order valence-corrected chi connectivity index (χ4v) is 9.53. The van der Waals surface area contributed by atoms with E-state index in [0.717, 1.165) is 51.0 Å². The van der Waals surface area contributed by atoms with Gasteiger partial charge in [0.2, 0.25) is 0 Å². The first kappa shape index (κ1) is 45.4. The Morgan fingerprint density at radius 3 is 1.75 bits per heavy atom. The number of pyridine rings is 1. The first-order chi connectivity index (χ1) is 31.6. The Morgan fingerprint density at radius 1 is 0.493 bits per heavy atom. The van der Waals surface area contributed by atoms with Gasteiger partial charge in [-0.15, -0.1) is 0 Å². The van der Waals surface area contributed by atoms with Crippen molar-refractivity contribution in [2.45, 2.75) is 117 Å². The number of benzene rings is 6. The molecule has 0 aliphatic rings. The summed E-state index contributed by atoms with van der Waals surface area (Å²) in [5, 5.41) is 2.41. The Labute approximate surface area is 398 Å². The molecule has 0 radical (unpaired) electrons. The van der Waals surface area contributed by atoms with Crippen molar-refractivity contribution in [1.29, 1.82) is 0 Å². The topological polar surface area (TPSA) is 35.9 Å². The van der Waals surface area contributed by atoms with Crippen molar-refractivity contribution in [2.24, 2.45) is 0 Å². The third-order valence-electron chi connectivity index (χ3n) is 13.8. The second-order valence-corrected chi connectivity index (χ2v) is 22.5. The van der Waals surface area contributed by atoms with Gasteiger partial charge in [0, 0.05) is 40.1 Å². The molecule has 0 unspecified atom stereocenters. The van der Waals surface area contributed by atoms with Crippen molar-refractivity contribution in [3.05, 3.63) is 209 Å². The Morgan fingerprint density at radius 2 is 1.09 bits per heavy atom. The second kappa shape index (κ2) is 16.6. The molecule has 0 aliphatic carbocycles. The van der Waals surface area contributed by atoms with Crippen molar-refractivity contribution in [1.82, 2.24) is 14.1 Å². The third kappa shape index (κ3) is 8.61. The molecule has 0 saturated heterocycles. The van der Waals surface area contributed by atoms with Crippen molar-refractivity contribution in [3.63, 3.8) is 0 Å². The number of aromatic nitrogens is 4. The Bertz CT molecular complexity index is 3250. The number of imidazole rings is 1. The second-order valence-electron chi connectivity index (χ2n) is 22.5. The van der Waals surface area contributed by atoms with Crippen LogP contribution in [-0.2, 0) is 27.1 Å². The molecule has 0 spiro atoms. The van der Waals surface area contributed by atoms with Gasteiger partial charge >= 0.3 is 0 Å². The van der Waals surface area contributed by atoms with Crippen molar-refractivity contribution >= 4 is 21.8 Å². The molecule has 67 heavy (non-hydrogen) atoms. The molecule has 0 aliphatic heterocycles. The van der Waals surface area contributed by atoms with Crippen molar-refractivity contribution < 1.29 is 9.30 Å². The SMILES string of the molecule is CC(C)(C)c1cccc(-[n+]2[c-]n(-c3cc(Oc4cc(C(C)(C)C)c5c6ccccc6n(-c6cc(C(C)(C)C)ccn6)c5c4)cc(C(C)(C)c4ccccc4)c3)cc2C(C)(C)c2ccccc2)c1. The summed E-state index contributed by atoms with van der Waals surface area (Å²) in [5.41, 5.74) is 11.7. The molecule has 0 atom stereocenters. The average molecular weight is 883 g/mol. The average Bonchev–Trinajstić information content (AvgIpc) is 3.90. The minimum atomic E-state index is -0.362. The first-order valence-corrected chi connectivity index (χ1v) is 23.8. The van der Waals surface area contributed by atoms with Gasteiger partial charge in [0.1, 0.15) is 17.3 Å². The highest BCUT2D eigenvalue weighted by molar-refractivity contribution is 6.11. The summed E-state index contributed by atoms with van der Waals surface area (Å²) < 4.78 is 14.0. The van der Waals surface area contributed by atoms with Crippen LogP contribution in [0.3, 0.4) is 0 Å². The van der Waals surface area contributed by atoms with Crippen LogP contribution in [-0.4, -0.2) is 14.1 Å². The van der Waals surface area contributed by atoms with Gasteiger partial charge in [-0.05, 0) is 104 Å². The van der Waals surface area contributed by atoms with Gasteiger partial charge < -0.3 is 4.74 Å². The zero-order chi connectivity index (χ0) is 47.7. The summed E-state index contributed by atoms with van der Waals surface area (Å²) in [6.07, 6.45) is 8.06. The lowest BCUT2D eigenvalue weighted by atomic mass is 9.78. The lowest BCUT2D eigenvalue weighted by molar-refractivity contribution is -0.611. The maximum atomic E-state index is 7.26. The molecule has 5 nitrogen and oxygen atoms in total. The zero-order valence-electron chi connectivity index (χ0n) is 41.8. The molecular weight excluding hydrogens is 817 g/mol. The number of hydrogen-bond donors (Lipinski definition) is 0. The van der Waals surface area contributed by atoms with Crippen LogP contribution >= 0.6 is 0 Å². The maximum Gasteiger partial charge on any atom is 0.269 e. The third-order valence-corrected chi connectivity index (χ3v) is 13.8. The quantitative estimate of drug-likeness (QED) is 0.107. The van der Waals surface area contributed by atoms with Crippen LogP contribution in [0.25, 0.3) is 39.0 Å². The summed E-state index contributed by atoms with van der Waals surface area (Å²) in [4.78, 5) is 5.01. The van der Waals surface area contributed by atoms with E-state index in [-0.39, 0.29) is 27.1 Å². The molecule has 0 N–H and O–H groups in total. The van der Waals surface area contributed by atoms with E-state index in [1.807, 2.05) is 6.20 Å². The molecule has 3 aromatic heterocycles. The number of rotatable bonds is 9. The van der Waals surface area contributed by atoms with Crippen LogP contribution < -0.4 is 9.30 Å². The van der Waals surface area contributed by atoms with Crippen LogP contribution in [0.2, 0.25) is 0 Å². The fraction of sp³-hybridized carbons (Fsp3) is 0.290. The summed E-state index contributed by atoms with van der Waals surface area (Å²) >= 11 is 0. The van der Waals surface area contributed by atoms with Gasteiger partial charge in [0.25, 0.3) is 6.33 Å². The van der Waals surface area contributed by atoms with Crippen molar-refractivity contribution in [3.8, 4) is 28.7 Å². The smallest absolute Gasteiger partial charge is 0.269 e. The summed E-state index contributed by atoms with van der Waals surface area (Å²) in [6.45, 7) is 29.7. The van der Waals surface area contributed by atoms with Crippen LogP contribution in [0, 0.1) is 6.33 Å². The van der Waals surface area contributed by atoms with Crippen LogP contribution in [0.15, 0.2) is 164 Å². The predicted octanol–water partition coefficient (Wildman–Crippen LogP) is 15.4. The molecule has 0 fully saturated rings. The van der Waals surface area contributed by atoms with Crippen molar-refractivity contribution in [2.75, 3.05) is 0 Å². The van der Waals surface area contributed by atoms with Gasteiger partial charge in [0.15, 0.2) is 0 Å². The Hall–Kier alpha value is -6.72. The molecule has 340 valence electrons. The normalized spacial score (nSPS) is 12.9. The summed E-state index contributed by atoms with van der Waals surface area (Å²) in [5.74, 6) is 2.41. The lowest BCUT2D eigenvalue weighted by Gasteiger charge is -2.28. The number of fused-ring (bicyclic) bond motifs is 3. The molecule has 9 rings (SSSR count). The standard InChI is InChI=1S/C62H66N4O/c1-58(2,3)44-27-22-28-47(33-44)65-41-64(40-55(65)62(12,13)43-25-18-15-19-26-43)48-34-46(61(10,11)42-23-16-14-17-24-42)35-49(37-48)67-50-38-52(60(7,8)9)57-51-29-20-21-30-53(51)66(54(57)39-50)56-36-45(31-32-63-56)59(4,5)6/h14-40H,1-13H3. The molecule has 0 amide bonds. The number of nitrogens with zero attached hydrogens (tertiary/aromatic N) is 4. The highest BCUT2D eigenvalue weighted by Gasteiger charge is 2.31. The van der Waals surface area contributed by atoms with E-state index in [1.165, 1.54) is 38.6 Å². The van der Waals surface area contributed by atoms with E-state index >= 15 is 0 Å². The van der Waals surface area contributed by atoms with Crippen LogP contribution in [0.4, 0.5) is 0 Å². The van der Waals surface area contributed by atoms with E-state index < -0.39 is 0 Å². The van der Waals surface area contributed by atoms with E-state index in [0.29, 0.717) is 0 Å². The van der Waals surface area contributed by atoms with Gasteiger partial charge in [-0.2, -0.15) is 0 Å². The number of para-hydroxylation sites is 1. The maximum absolute atomic E-state index is 7.26. The Kier molecular flexibility index (Phi) is 11.2. The molecule has 9 aromatic rings. The molecule has 0 saturated carbocycles. The molecule has 6 aromatic carbocycles. The van der Waals surface area contributed by atoms with E-state index in [1.54, 1.807) is 0 Å². The van der Waals surface area contributed by atoms with E-state index in [9.17, 15) is 0 Å². The highest BCUT2D eigenvalue weighted by atomic mass is 16.5. The van der Waals surface area contributed by atoms with E-state index in [2.05, 4.69) is 268 Å². The van der Waals surface area contributed by atoms with Gasteiger partial charge in [0.05, 0.1) is 28.1 Å².